The van der Waals surface area contributed by atoms with Gasteiger partial charge in [0.2, 0.25) is 17.7 Å². The Morgan fingerprint density at radius 3 is 2.20 bits per heavy atom. The fourth-order valence-electron chi connectivity index (χ4n) is 4.13. The van der Waals surface area contributed by atoms with Crippen molar-refractivity contribution in [1.29, 1.82) is 0 Å². The maximum absolute atomic E-state index is 13.2. The molecule has 0 aliphatic heterocycles. The van der Waals surface area contributed by atoms with Gasteiger partial charge in [-0.15, -0.1) is 0 Å². The first-order valence-corrected chi connectivity index (χ1v) is 11.9. The highest BCUT2D eigenvalue weighted by molar-refractivity contribution is 5.91. The van der Waals surface area contributed by atoms with Crippen LogP contribution in [0.15, 0.2) is 72.8 Å². The summed E-state index contributed by atoms with van der Waals surface area (Å²) in [5, 5.41) is 16.9. The van der Waals surface area contributed by atoms with Gasteiger partial charge in [0.05, 0.1) is 0 Å². The molecule has 0 heterocycles. The van der Waals surface area contributed by atoms with Gasteiger partial charge in [0, 0.05) is 25.3 Å². The Morgan fingerprint density at radius 1 is 0.829 bits per heavy atom. The lowest BCUT2D eigenvalue weighted by Crippen LogP contribution is -2.50. The molecule has 0 spiro atoms. The summed E-state index contributed by atoms with van der Waals surface area (Å²) in [5.74, 6) is -1.83. The fourth-order valence-corrected chi connectivity index (χ4v) is 4.13. The van der Waals surface area contributed by atoms with Gasteiger partial charge in [0.15, 0.2) is 0 Å². The van der Waals surface area contributed by atoms with Crippen molar-refractivity contribution in [3.63, 3.8) is 0 Å². The largest absolute Gasteiger partial charge is 0.350 e. The molecule has 3 amide bonds. The van der Waals surface area contributed by atoms with Crippen molar-refractivity contribution in [2.24, 2.45) is 11.8 Å². The predicted octanol–water partition coefficient (Wildman–Crippen LogP) is 3.74. The number of carbonyl (C=O) groups excluding carboxylic acids is 3. The Hall–Kier alpha value is -3.71. The second-order valence-electron chi connectivity index (χ2n) is 9.22. The van der Waals surface area contributed by atoms with Gasteiger partial charge in [-0.05, 0) is 34.2 Å². The minimum Gasteiger partial charge on any atom is -0.350 e. The molecule has 3 rings (SSSR count). The lowest BCUT2D eigenvalue weighted by atomic mass is 9.92. The molecule has 3 aromatic rings. The Bertz CT molecular complexity index is 1150. The maximum Gasteiger partial charge on any atom is 0.244 e. The number of amides is 3. The van der Waals surface area contributed by atoms with Gasteiger partial charge in [-0.25, -0.2) is 5.48 Å². The average molecular weight is 476 g/mol. The van der Waals surface area contributed by atoms with Crippen LogP contribution < -0.4 is 16.1 Å². The third-order valence-electron chi connectivity index (χ3n) is 5.88. The SMILES string of the molecule is CC(C)C[C@H](CC(=O)NO)C(=O)N[C@@H](Cc1ccc2ccccc2c1)C(=O)NCc1ccccc1. The minimum atomic E-state index is -0.820. The number of nitrogens with one attached hydrogen (secondary N) is 3. The number of carbonyl (C=O) groups is 3. The Morgan fingerprint density at radius 2 is 1.51 bits per heavy atom. The molecular formula is C28H33N3O4. The predicted molar refractivity (Wildman–Crippen MR) is 135 cm³/mol. The number of hydrogen-bond acceptors (Lipinski definition) is 4. The van der Waals surface area contributed by atoms with Crippen LogP contribution in [-0.2, 0) is 27.3 Å². The zero-order chi connectivity index (χ0) is 25.2. The van der Waals surface area contributed by atoms with Gasteiger partial charge in [-0.3, -0.25) is 19.6 Å². The summed E-state index contributed by atoms with van der Waals surface area (Å²) in [7, 11) is 0. The summed E-state index contributed by atoms with van der Waals surface area (Å²) in [5.41, 5.74) is 3.46. The van der Waals surface area contributed by atoms with E-state index in [0.29, 0.717) is 19.4 Å². The van der Waals surface area contributed by atoms with Crippen LogP contribution in [0.25, 0.3) is 10.8 Å². The molecule has 4 N–H and O–H groups in total. The smallest absolute Gasteiger partial charge is 0.244 e. The highest BCUT2D eigenvalue weighted by atomic mass is 16.5. The quantitative estimate of drug-likeness (QED) is 0.250. The molecule has 3 aromatic carbocycles. The normalized spacial score (nSPS) is 12.7. The number of fused-ring (bicyclic) bond motifs is 1. The fraction of sp³-hybridized carbons (Fsp3) is 0.321. The van der Waals surface area contributed by atoms with E-state index in [1.54, 1.807) is 5.48 Å². The summed E-state index contributed by atoms with van der Waals surface area (Å²) >= 11 is 0. The van der Waals surface area contributed by atoms with Crippen molar-refractivity contribution in [3.05, 3.63) is 83.9 Å². The van der Waals surface area contributed by atoms with Crippen molar-refractivity contribution in [2.75, 3.05) is 0 Å². The van der Waals surface area contributed by atoms with Crippen LogP contribution >= 0.6 is 0 Å². The monoisotopic (exact) mass is 475 g/mol. The van der Waals surface area contributed by atoms with E-state index >= 15 is 0 Å². The van der Waals surface area contributed by atoms with E-state index in [-0.39, 0.29) is 24.2 Å². The van der Waals surface area contributed by atoms with Crippen LogP contribution in [0.5, 0.6) is 0 Å². The van der Waals surface area contributed by atoms with Crippen LogP contribution in [0.3, 0.4) is 0 Å². The molecule has 0 saturated carbocycles. The van der Waals surface area contributed by atoms with Crippen LogP contribution in [0, 0.1) is 11.8 Å². The first kappa shape index (κ1) is 25.9. The van der Waals surface area contributed by atoms with Crippen LogP contribution in [0.2, 0.25) is 0 Å². The van der Waals surface area contributed by atoms with Crippen molar-refractivity contribution < 1.29 is 19.6 Å². The van der Waals surface area contributed by atoms with Gasteiger partial charge >= 0.3 is 0 Å². The minimum absolute atomic E-state index is 0.156. The van der Waals surface area contributed by atoms with E-state index in [4.69, 9.17) is 5.21 Å². The van der Waals surface area contributed by atoms with Crippen molar-refractivity contribution in [3.8, 4) is 0 Å². The molecule has 0 bridgehead atoms. The molecule has 2 atom stereocenters. The van der Waals surface area contributed by atoms with Crippen LogP contribution in [-0.4, -0.2) is 29.0 Å². The standard InChI is InChI=1S/C28H33N3O4/c1-19(2)14-24(17-26(32)31-35)27(33)30-25(28(34)29-18-20-8-4-3-5-9-20)16-21-12-13-22-10-6-7-11-23(22)15-21/h3-13,15,19,24-25,35H,14,16-18H2,1-2H3,(H,29,34)(H,30,33)(H,31,32)/t24-,25+/m1/s1. The first-order valence-electron chi connectivity index (χ1n) is 11.9. The molecule has 0 saturated heterocycles. The molecular weight excluding hydrogens is 442 g/mol. The molecule has 184 valence electrons. The zero-order valence-corrected chi connectivity index (χ0v) is 20.2. The summed E-state index contributed by atoms with van der Waals surface area (Å²) < 4.78 is 0. The van der Waals surface area contributed by atoms with Crippen LogP contribution in [0.1, 0.15) is 37.8 Å². The molecule has 0 aliphatic carbocycles. The van der Waals surface area contributed by atoms with E-state index in [9.17, 15) is 14.4 Å². The lowest BCUT2D eigenvalue weighted by molar-refractivity contribution is -0.136. The number of benzene rings is 3. The topological polar surface area (TPSA) is 108 Å². The van der Waals surface area contributed by atoms with Crippen molar-refractivity contribution >= 4 is 28.5 Å². The molecule has 0 aromatic heterocycles. The Balaban J connectivity index is 1.79. The van der Waals surface area contributed by atoms with E-state index in [2.05, 4.69) is 10.6 Å². The van der Waals surface area contributed by atoms with E-state index in [0.717, 1.165) is 21.9 Å². The van der Waals surface area contributed by atoms with E-state index in [1.807, 2.05) is 86.6 Å². The Kier molecular flexibility index (Phi) is 9.38. The summed E-state index contributed by atoms with van der Waals surface area (Å²) in [6.07, 6.45) is 0.597. The van der Waals surface area contributed by atoms with Gasteiger partial charge in [0.1, 0.15) is 6.04 Å². The molecule has 7 heteroatoms. The highest BCUT2D eigenvalue weighted by Crippen LogP contribution is 2.19. The lowest BCUT2D eigenvalue weighted by Gasteiger charge is -2.23. The molecule has 0 aliphatic rings. The van der Waals surface area contributed by atoms with Crippen LogP contribution in [0.4, 0.5) is 0 Å². The van der Waals surface area contributed by atoms with Crippen molar-refractivity contribution in [1.82, 2.24) is 16.1 Å². The molecule has 0 radical (unpaired) electrons. The molecule has 7 nitrogen and oxygen atoms in total. The van der Waals surface area contributed by atoms with Gasteiger partial charge < -0.3 is 10.6 Å². The Labute approximate surface area is 205 Å². The molecule has 35 heavy (non-hydrogen) atoms. The third kappa shape index (κ3) is 7.93. The third-order valence-corrected chi connectivity index (χ3v) is 5.88. The number of hydrogen-bond donors (Lipinski definition) is 4. The van der Waals surface area contributed by atoms with E-state index < -0.39 is 17.9 Å². The second-order valence-corrected chi connectivity index (χ2v) is 9.22. The first-order chi connectivity index (χ1) is 16.9. The summed E-state index contributed by atoms with van der Waals surface area (Å²) in [6, 6.07) is 22.7. The molecule has 0 fully saturated rings. The zero-order valence-electron chi connectivity index (χ0n) is 20.2. The maximum atomic E-state index is 13.2. The average Bonchev–Trinajstić information content (AvgIpc) is 2.86. The number of rotatable bonds is 11. The highest BCUT2D eigenvalue weighted by Gasteiger charge is 2.28. The van der Waals surface area contributed by atoms with E-state index in [1.165, 1.54) is 0 Å². The van der Waals surface area contributed by atoms with Gasteiger partial charge in [-0.1, -0.05) is 86.6 Å². The van der Waals surface area contributed by atoms with Gasteiger partial charge in [0.25, 0.3) is 0 Å². The van der Waals surface area contributed by atoms with Crippen molar-refractivity contribution in [2.45, 2.75) is 45.7 Å². The second kappa shape index (κ2) is 12.7. The van der Waals surface area contributed by atoms with Gasteiger partial charge in [-0.2, -0.15) is 0 Å². The summed E-state index contributed by atoms with van der Waals surface area (Å²) in [6.45, 7) is 4.25. The number of hydroxylamine groups is 1. The molecule has 0 unspecified atom stereocenters. The summed E-state index contributed by atoms with van der Waals surface area (Å²) in [4.78, 5) is 38.1.